The predicted molar refractivity (Wildman–Crippen MR) is 102 cm³/mol. The van der Waals surface area contributed by atoms with Gasteiger partial charge in [0.2, 0.25) is 0 Å². The molecular weight excluding hydrogens is 382 g/mol. The number of nitrogens with zero attached hydrogens (tertiary/aromatic N) is 2. The van der Waals surface area contributed by atoms with Crippen LogP contribution < -0.4 is 9.64 Å². The van der Waals surface area contributed by atoms with E-state index in [1.807, 2.05) is 6.07 Å². The molecule has 1 amide bonds. The highest BCUT2D eigenvalue weighted by Gasteiger charge is 2.16. The molecule has 8 heteroatoms. The number of halogens is 2. The van der Waals surface area contributed by atoms with Gasteiger partial charge in [-0.3, -0.25) is 4.79 Å². The Labute approximate surface area is 166 Å². The van der Waals surface area contributed by atoms with Crippen molar-refractivity contribution in [1.82, 2.24) is 0 Å². The summed E-state index contributed by atoms with van der Waals surface area (Å²) in [6.45, 7) is -3.21. The largest absolute Gasteiger partial charge is 0.452 e. The van der Waals surface area contributed by atoms with Gasteiger partial charge in [0.15, 0.2) is 6.61 Å². The summed E-state index contributed by atoms with van der Waals surface area (Å²) in [6.07, 6.45) is 2.68. The number of carbonyl (C=O) groups excluding carboxylic acids is 2. The molecule has 0 aliphatic carbocycles. The number of nitriles is 1. The monoisotopic (exact) mass is 400 g/mol. The molecule has 0 aliphatic rings. The molecule has 0 saturated carbocycles. The minimum absolute atomic E-state index is 0.00342. The van der Waals surface area contributed by atoms with E-state index in [2.05, 4.69) is 4.74 Å². The number of carbonyl (C=O) groups is 2. The molecule has 0 aliphatic heterocycles. The Hall–Kier alpha value is -3.73. The van der Waals surface area contributed by atoms with Crippen molar-refractivity contribution >= 4 is 23.6 Å². The van der Waals surface area contributed by atoms with Gasteiger partial charge < -0.3 is 14.4 Å². The number of rotatable bonds is 9. The van der Waals surface area contributed by atoms with E-state index in [0.717, 1.165) is 6.08 Å². The third kappa shape index (κ3) is 7.42. The fraction of sp³-hybridized carbons (Fsp3) is 0.190. The third-order valence-electron chi connectivity index (χ3n) is 3.67. The van der Waals surface area contributed by atoms with E-state index in [0.29, 0.717) is 11.3 Å². The second-order valence-electron chi connectivity index (χ2n) is 5.68. The minimum atomic E-state index is -2.91. The van der Waals surface area contributed by atoms with Gasteiger partial charge in [-0.1, -0.05) is 30.3 Å². The van der Waals surface area contributed by atoms with E-state index in [4.69, 9.17) is 10.00 Å². The van der Waals surface area contributed by atoms with Crippen molar-refractivity contribution in [2.24, 2.45) is 0 Å². The van der Waals surface area contributed by atoms with Gasteiger partial charge in [-0.25, -0.2) is 4.79 Å². The predicted octanol–water partition coefficient (Wildman–Crippen LogP) is 3.79. The minimum Gasteiger partial charge on any atom is -0.452 e. The van der Waals surface area contributed by atoms with Gasteiger partial charge in [0.1, 0.15) is 5.75 Å². The smallest absolute Gasteiger partial charge is 0.387 e. The first kappa shape index (κ1) is 21.6. The molecule has 0 unspecified atom stereocenters. The average Bonchev–Trinajstić information content (AvgIpc) is 2.72. The van der Waals surface area contributed by atoms with Gasteiger partial charge in [-0.05, 0) is 35.9 Å². The van der Waals surface area contributed by atoms with E-state index in [9.17, 15) is 18.4 Å². The number of anilines is 1. The normalized spacial score (nSPS) is 10.6. The van der Waals surface area contributed by atoms with Crippen LogP contribution in [-0.2, 0) is 14.3 Å². The molecule has 0 fully saturated rings. The Morgan fingerprint density at radius 2 is 1.79 bits per heavy atom. The van der Waals surface area contributed by atoms with Crippen LogP contribution in [0.4, 0.5) is 14.5 Å². The van der Waals surface area contributed by atoms with Gasteiger partial charge in [0.25, 0.3) is 5.91 Å². The van der Waals surface area contributed by atoms with E-state index < -0.39 is 25.1 Å². The zero-order valence-electron chi connectivity index (χ0n) is 15.3. The van der Waals surface area contributed by atoms with Gasteiger partial charge in [-0.2, -0.15) is 14.0 Å². The van der Waals surface area contributed by atoms with Crippen molar-refractivity contribution < 1.29 is 27.8 Å². The molecule has 29 heavy (non-hydrogen) atoms. The maximum atomic E-state index is 12.4. The highest BCUT2D eigenvalue weighted by molar-refractivity contribution is 5.96. The molecule has 0 saturated heterocycles. The lowest BCUT2D eigenvalue weighted by Gasteiger charge is -2.21. The molecule has 150 valence electrons. The number of hydrogen-bond donors (Lipinski definition) is 0. The quantitative estimate of drug-likeness (QED) is 0.473. The molecule has 2 rings (SSSR count). The SMILES string of the molecule is N#CCCN(C(=O)COC(=O)C=Cc1ccc(OC(F)F)cc1)c1ccccc1. The number of benzene rings is 2. The summed E-state index contributed by atoms with van der Waals surface area (Å²) in [5.74, 6) is -1.19. The van der Waals surface area contributed by atoms with E-state index in [1.165, 1.54) is 35.2 Å². The first-order valence-electron chi connectivity index (χ1n) is 8.61. The molecule has 0 spiro atoms. The molecule has 6 nitrogen and oxygen atoms in total. The zero-order valence-corrected chi connectivity index (χ0v) is 15.3. The Morgan fingerprint density at radius 3 is 2.41 bits per heavy atom. The molecule has 2 aromatic rings. The lowest BCUT2D eigenvalue weighted by molar-refractivity contribution is -0.142. The van der Waals surface area contributed by atoms with Gasteiger partial charge in [0, 0.05) is 18.3 Å². The van der Waals surface area contributed by atoms with E-state index >= 15 is 0 Å². The summed E-state index contributed by atoms with van der Waals surface area (Å²) in [6, 6.07) is 16.4. The highest BCUT2D eigenvalue weighted by atomic mass is 19.3. The Morgan fingerprint density at radius 1 is 1.10 bits per heavy atom. The van der Waals surface area contributed by atoms with Crippen LogP contribution in [0.2, 0.25) is 0 Å². The molecule has 0 bridgehead atoms. The molecule has 0 heterocycles. The Bertz CT molecular complexity index is 878. The number of esters is 1. The van der Waals surface area contributed by atoms with Crippen molar-refractivity contribution in [2.45, 2.75) is 13.0 Å². The van der Waals surface area contributed by atoms with E-state index in [1.54, 1.807) is 30.3 Å². The number of alkyl halides is 2. The molecule has 0 atom stereocenters. The van der Waals surface area contributed by atoms with Crippen LogP contribution in [0, 0.1) is 11.3 Å². The lowest BCUT2D eigenvalue weighted by Crippen LogP contribution is -2.35. The second-order valence-corrected chi connectivity index (χ2v) is 5.68. The third-order valence-corrected chi connectivity index (χ3v) is 3.67. The highest BCUT2D eigenvalue weighted by Crippen LogP contribution is 2.16. The number of ether oxygens (including phenoxy) is 2. The molecule has 0 radical (unpaired) electrons. The first-order valence-corrected chi connectivity index (χ1v) is 8.61. The summed E-state index contributed by atoms with van der Waals surface area (Å²) in [4.78, 5) is 25.6. The van der Waals surface area contributed by atoms with Crippen LogP contribution in [0.5, 0.6) is 5.75 Å². The van der Waals surface area contributed by atoms with E-state index in [-0.39, 0.29) is 18.7 Å². The summed E-state index contributed by atoms with van der Waals surface area (Å²) < 4.78 is 33.4. The molecule has 0 N–H and O–H groups in total. The van der Waals surface area contributed by atoms with Crippen LogP contribution in [0.3, 0.4) is 0 Å². The molecular formula is C21H18F2N2O4. The summed E-state index contributed by atoms with van der Waals surface area (Å²) in [5, 5.41) is 8.77. The lowest BCUT2D eigenvalue weighted by atomic mass is 10.2. The summed E-state index contributed by atoms with van der Waals surface area (Å²) in [5.41, 5.74) is 1.17. The summed E-state index contributed by atoms with van der Waals surface area (Å²) >= 11 is 0. The van der Waals surface area contributed by atoms with Crippen LogP contribution >= 0.6 is 0 Å². The summed E-state index contributed by atoms with van der Waals surface area (Å²) in [7, 11) is 0. The number of hydrogen-bond acceptors (Lipinski definition) is 5. The van der Waals surface area contributed by atoms with Crippen molar-refractivity contribution in [2.75, 3.05) is 18.1 Å². The Kier molecular flexibility index (Phi) is 8.32. The van der Waals surface area contributed by atoms with Gasteiger partial charge >= 0.3 is 12.6 Å². The van der Waals surface area contributed by atoms with Crippen molar-refractivity contribution in [3.63, 3.8) is 0 Å². The average molecular weight is 400 g/mol. The van der Waals surface area contributed by atoms with Gasteiger partial charge in [-0.15, -0.1) is 0 Å². The van der Waals surface area contributed by atoms with Crippen LogP contribution in [0.1, 0.15) is 12.0 Å². The number of para-hydroxylation sites is 1. The molecule has 2 aromatic carbocycles. The van der Waals surface area contributed by atoms with Crippen molar-refractivity contribution in [3.8, 4) is 11.8 Å². The van der Waals surface area contributed by atoms with Gasteiger partial charge in [0.05, 0.1) is 12.5 Å². The molecule has 0 aromatic heterocycles. The second kappa shape index (κ2) is 11.2. The van der Waals surface area contributed by atoms with Crippen molar-refractivity contribution in [3.05, 3.63) is 66.2 Å². The van der Waals surface area contributed by atoms with Crippen molar-refractivity contribution in [1.29, 1.82) is 5.26 Å². The standard InChI is InChI=1S/C21H18F2N2O4/c22-21(23)29-18-10-7-16(8-11-18)9-12-20(27)28-15-19(26)25(14-4-13-24)17-5-2-1-3-6-17/h1-3,5-12,21H,4,14-15H2. The van der Waals surface area contributed by atoms with Crippen LogP contribution in [0.25, 0.3) is 6.08 Å². The topological polar surface area (TPSA) is 79.6 Å². The maximum absolute atomic E-state index is 12.4. The fourth-order valence-electron chi connectivity index (χ4n) is 2.35. The van der Waals surface area contributed by atoms with Crippen LogP contribution in [-0.4, -0.2) is 31.6 Å². The first-order chi connectivity index (χ1) is 14.0. The maximum Gasteiger partial charge on any atom is 0.387 e. The van der Waals surface area contributed by atoms with Crippen LogP contribution in [0.15, 0.2) is 60.7 Å². The zero-order chi connectivity index (χ0) is 21.1. The Balaban J connectivity index is 1.90. The number of amides is 1. The fourth-order valence-corrected chi connectivity index (χ4v) is 2.35.